The summed E-state index contributed by atoms with van der Waals surface area (Å²) >= 11 is 4.70. The summed E-state index contributed by atoms with van der Waals surface area (Å²) in [5.41, 5.74) is 4.18. The molecule has 1 nitrogen and oxygen atoms in total. The SMILES string of the molecule is CN(C)C1=CC=C=C[CH]1.Fc1ccc([S-])cc1.[Hg+]. The number of nitrogens with zero attached hydrogens (tertiary/aromatic N) is 1. The van der Waals surface area contributed by atoms with Gasteiger partial charge in [-0.25, -0.2) is 4.39 Å². The van der Waals surface area contributed by atoms with E-state index in [9.17, 15) is 4.39 Å². The van der Waals surface area contributed by atoms with Crippen molar-refractivity contribution < 1.29 is 32.1 Å². The van der Waals surface area contributed by atoms with Crippen molar-refractivity contribution in [2.24, 2.45) is 0 Å². The Morgan fingerprint density at radius 2 is 1.72 bits per heavy atom. The third kappa shape index (κ3) is 6.95. The Morgan fingerprint density at radius 3 is 2.06 bits per heavy atom. The van der Waals surface area contributed by atoms with Crippen molar-refractivity contribution in [3.63, 3.8) is 0 Å². The van der Waals surface area contributed by atoms with E-state index in [2.05, 4.69) is 10.6 Å². The molecule has 0 fully saturated rings. The minimum atomic E-state index is -0.237. The van der Waals surface area contributed by atoms with Crippen molar-refractivity contribution in [1.82, 2.24) is 4.90 Å². The standard InChI is InChI=1S/C8H10N.C6H5FS.Hg/c1-9(2)8-6-4-3-5-7-8;7-5-1-3-6(8)4-2-5;/h4-7H,1-2H3;1-4,8H;/q;;+1/p-1. The number of halogens is 1. The Morgan fingerprint density at radius 1 is 1.11 bits per heavy atom. The number of hydrogen-bond acceptors (Lipinski definition) is 2. The Labute approximate surface area is 134 Å². The summed E-state index contributed by atoms with van der Waals surface area (Å²) in [6.45, 7) is 0. The number of benzene rings is 1. The molecule has 2 radical (unpaired) electrons. The summed E-state index contributed by atoms with van der Waals surface area (Å²) in [4.78, 5) is 2.74. The van der Waals surface area contributed by atoms with Crippen LogP contribution in [0.1, 0.15) is 0 Å². The largest absolute Gasteiger partial charge is 1.00 e. The minimum Gasteiger partial charge on any atom is -0.780 e. The van der Waals surface area contributed by atoms with Crippen LogP contribution in [0.4, 0.5) is 4.39 Å². The van der Waals surface area contributed by atoms with Crippen LogP contribution in [0.2, 0.25) is 0 Å². The van der Waals surface area contributed by atoms with Gasteiger partial charge in [0.25, 0.3) is 0 Å². The van der Waals surface area contributed by atoms with E-state index in [1.807, 2.05) is 38.7 Å². The van der Waals surface area contributed by atoms with Crippen molar-refractivity contribution in [3.05, 3.63) is 66.2 Å². The fourth-order valence-corrected chi connectivity index (χ4v) is 1.25. The van der Waals surface area contributed by atoms with Gasteiger partial charge in [0.05, 0.1) is 0 Å². The van der Waals surface area contributed by atoms with Crippen LogP contribution < -0.4 is 0 Å². The monoisotopic (exact) mass is 449 g/mol. The van der Waals surface area contributed by atoms with Gasteiger partial charge in [-0.15, -0.1) is 5.73 Å². The topological polar surface area (TPSA) is 3.24 Å². The van der Waals surface area contributed by atoms with E-state index in [1.54, 1.807) is 12.1 Å². The first-order valence-corrected chi connectivity index (χ1v) is 5.56. The Kier molecular flexibility index (Phi) is 8.99. The van der Waals surface area contributed by atoms with E-state index in [0.29, 0.717) is 4.90 Å². The number of hydrogen-bond donors (Lipinski definition) is 0. The van der Waals surface area contributed by atoms with E-state index in [0.717, 1.165) is 0 Å². The molecule has 0 aliphatic heterocycles. The van der Waals surface area contributed by atoms with Crippen molar-refractivity contribution in [1.29, 1.82) is 0 Å². The summed E-state index contributed by atoms with van der Waals surface area (Å²) in [6, 6.07) is 5.82. The van der Waals surface area contributed by atoms with Crippen molar-refractivity contribution in [2.45, 2.75) is 4.90 Å². The normalized spacial score (nSPS) is 11.8. The molecule has 0 saturated heterocycles. The molecule has 0 spiro atoms. The van der Waals surface area contributed by atoms with Gasteiger partial charge in [0.2, 0.25) is 0 Å². The molecule has 4 heteroatoms. The predicted molar refractivity (Wildman–Crippen MR) is 70.8 cm³/mol. The summed E-state index contributed by atoms with van der Waals surface area (Å²) in [7, 11) is 4.05. The third-order valence-corrected chi connectivity index (χ3v) is 2.30. The number of rotatable bonds is 1. The Balaban J connectivity index is 0.000000306. The fraction of sp³-hybridized carbons (Fsp3) is 0.143. The summed E-state index contributed by atoms with van der Waals surface area (Å²) in [6.07, 6.45) is 7.88. The minimum absolute atomic E-state index is 0. The van der Waals surface area contributed by atoms with Crippen molar-refractivity contribution in [2.75, 3.05) is 14.1 Å². The molecule has 0 aromatic heterocycles. The Bertz CT molecular complexity index is 424. The van der Waals surface area contributed by atoms with Crippen LogP contribution in [-0.2, 0) is 40.3 Å². The molecule has 2 rings (SSSR count). The van der Waals surface area contributed by atoms with Crippen molar-refractivity contribution in [3.8, 4) is 0 Å². The molecule has 0 heterocycles. The maximum absolute atomic E-state index is 12.0. The molecule has 0 atom stereocenters. The molecule has 1 aromatic rings. The molecule has 0 unspecified atom stereocenters. The molecule has 1 aromatic carbocycles. The summed E-state index contributed by atoms with van der Waals surface area (Å²) in [5.74, 6) is -0.237. The van der Waals surface area contributed by atoms with Gasteiger partial charge in [-0.1, -0.05) is 12.1 Å². The van der Waals surface area contributed by atoms with Gasteiger partial charge < -0.3 is 17.5 Å². The second kappa shape index (κ2) is 9.32. The zero-order valence-electron chi connectivity index (χ0n) is 10.6. The number of allylic oxidation sites excluding steroid dienone is 2. The quantitative estimate of drug-likeness (QED) is 0.370. The molecule has 0 bridgehead atoms. The Hall–Kier alpha value is -0.635. The molecular formula is C14H14FHgNS. The van der Waals surface area contributed by atoms with E-state index in [1.165, 1.54) is 17.8 Å². The first kappa shape index (κ1) is 17.4. The van der Waals surface area contributed by atoms with Gasteiger partial charge in [-0.05, 0) is 30.4 Å². The molecule has 90 valence electrons. The zero-order chi connectivity index (χ0) is 12.7. The summed E-state index contributed by atoms with van der Waals surface area (Å²) in [5, 5.41) is 0. The first-order chi connectivity index (χ1) is 8.09. The molecule has 18 heavy (non-hydrogen) atoms. The van der Waals surface area contributed by atoms with Crippen LogP contribution in [0.3, 0.4) is 0 Å². The third-order valence-electron chi connectivity index (χ3n) is 2.03. The molecule has 1 aliphatic carbocycles. The van der Waals surface area contributed by atoms with Crippen molar-refractivity contribution >= 4 is 12.6 Å². The van der Waals surface area contributed by atoms with E-state index in [4.69, 9.17) is 12.6 Å². The van der Waals surface area contributed by atoms with Crippen LogP contribution in [0.25, 0.3) is 0 Å². The van der Waals surface area contributed by atoms with Gasteiger partial charge in [0, 0.05) is 26.2 Å². The average Bonchev–Trinajstić information content (AvgIpc) is 2.35. The van der Waals surface area contributed by atoms with Gasteiger partial charge >= 0.3 is 27.7 Å². The van der Waals surface area contributed by atoms with Crippen LogP contribution in [-0.4, -0.2) is 19.0 Å². The van der Waals surface area contributed by atoms with E-state index < -0.39 is 0 Å². The van der Waals surface area contributed by atoms with Crippen LogP contribution in [0.5, 0.6) is 0 Å². The van der Waals surface area contributed by atoms with Crippen LogP contribution >= 0.6 is 0 Å². The van der Waals surface area contributed by atoms with E-state index >= 15 is 0 Å². The van der Waals surface area contributed by atoms with Gasteiger partial charge in [0.15, 0.2) is 0 Å². The maximum Gasteiger partial charge on any atom is 1.00 e. The van der Waals surface area contributed by atoms with Crippen LogP contribution in [0.15, 0.2) is 58.8 Å². The predicted octanol–water partition coefficient (Wildman–Crippen LogP) is 3.09. The second-order valence-corrected chi connectivity index (χ2v) is 4.08. The van der Waals surface area contributed by atoms with Gasteiger partial charge in [-0.3, -0.25) is 0 Å². The van der Waals surface area contributed by atoms with Gasteiger partial charge in [0.1, 0.15) is 5.82 Å². The molecule has 0 amide bonds. The fourth-order valence-electron chi connectivity index (χ4n) is 1.11. The first-order valence-electron chi connectivity index (χ1n) is 5.15. The average molecular weight is 448 g/mol. The van der Waals surface area contributed by atoms with Crippen LogP contribution in [0, 0.1) is 12.2 Å². The molecule has 0 saturated carbocycles. The second-order valence-electron chi connectivity index (χ2n) is 3.61. The molecule has 0 N–H and O–H groups in total. The maximum atomic E-state index is 12.0. The van der Waals surface area contributed by atoms with Gasteiger partial charge in [-0.2, -0.15) is 4.90 Å². The van der Waals surface area contributed by atoms with E-state index in [-0.39, 0.29) is 33.5 Å². The molecular weight excluding hydrogens is 434 g/mol. The zero-order valence-corrected chi connectivity index (χ0v) is 16.9. The summed E-state index contributed by atoms with van der Waals surface area (Å²) < 4.78 is 12.0. The molecule has 1 aliphatic rings. The smallest absolute Gasteiger partial charge is 0.780 e.